The van der Waals surface area contributed by atoms with E-state index in [0.29, 0.717) is 13.1 Å². The second-order valence-corrected chi connectivity index (χ2v) is 7.05. The quantitative estimate of drug-likeness (QED) is 0.753. The molecule has 4 rings (SSSR count). The molecule has 2 aromatic rings. The van der Waals surface area contributed by atoms with Gasteiger partial charge >= 0.3 is 6.01 Å². The molecule has 2 aliphatic heterocycles. The van der Waals surface area contributed by atoms with Crippen LogP contribution in [0.15, 0.2) is 24.5 Å². The number of amides is 1. The standard InChI is InChI=1S/C19H25N7O2/c1-15-13-16(23-18(22-15)26-7-2-3-8-26)24-9-11-25(12-10-24)17(27)14-28-19-20-5-4-6-21-19/h4-6,13H,2-3,7-12,14H2,1H3. The summed E-state index contributed by atoms with van der Waals surface area (Å²) in [5.41, 5.74) is 0.974. The van der Waals surface area contributed by atoms with Crippen LogP contribution in [0.3, 0.4) is 0 Å². The molecule has 1 amide bonds. The van der Waals surface area contributed by atoms with Crippen molar-refractivity contribution < 1.29 is 9.53 Å². The summed E-state index contributed by atoms with van der Waals surface area (Å²) in [7, 11) is 0. The molecule has 4 heterocycles. The number of carbonyl (C=O) groups is 1. The van der Waals surface area contributed by atoms with Crippen molar-refractivity contribution in [3.05, 3.63) is 30.2 Å². The molecule has 0 unspecified atom stereocenters. The van der Waals surface area contributed by atoms with E-state index in [4.69, 9.17) is 9.72 Å². The maximum absolute atomic E-state index is 12.4. The van der Waals surface area contributed by atoms with Crippen molar-refractivity contribution in [2.45, 2.75) is 19.8 Å². The molecule has 0 aliphatic carbocycles. The topological polar surface area (TPSA) is 87.6 Å². The van der Waals surface area contributed by atoms with Crippen molar-refractivity contribution in [2.75, 3.05) is 55.7 Å². The van der Waals surface area contributed by atoms with Crippen LogP contribution in [-0.2, 0) is 4.79 Å². The van der Waals surface area contributed by atoms with E-state index in [9.17, 15) is 4.79 Å². The maximum atomic E-state index is 12.4. The Morgan fingerprint density at radius 1 is 1.00 bits per heavy atom. The first-order valence-electron chi connectivity index (χ1n) is 9.72. The van der Waals surface area contributed by atoms with Gasteiger partial charge in [0.15, 0.2) is 6.61 Å². The number of aryl methyl sites for hydroxylation is 1. The minimum atomic E-state index is -0.0521. The fourth-order valence-corrected chi connectivity index (χ4v) is 3.52. The first-order valence-corrected chi connectivity index (χ1v) is 9.72. The summed E-state index contributed by atoms with van der Waals surface area (Å²) >= 11 is 0. The highest BCUT2D eigenvalue weighted by Crippen LogP contribution is 2.21. The zero-order chi connectivity index (χ0) is 19.3. The average Bonchev–Trinajstić information content (AvgIpc) is 3.27. The highest BCUT2D eigenvalue weighted by atomic mass is 16.5. The molecule has 2 saturated heterocycles. The van der Waals surface area contributed by atoms with Gasteiger partial charge in [-0.05, 0) is 25.8 Å². The molecule has 0 N–H and O–H groups in total. The van der Waals surface area contributed by atoms with E-state index in [1.807, 2.05) is 17.9 Å². The van der Waals surface area contributed by atoms with Crippen LogP contribution in [-0.4, -0.2) is 76.6 Å². The number of anilines is 2. The number of hydrogen-bond acceptors (Lipinski definition) is 8. The van der Waals surface area contributed by atoms with Gasteiger partial charge in [-0.2, -0.15) is 4.98 Å². The van der Waals surface area contributed by atoms with Crippen LogP contribution in [0.4, 0.5) is 11.8 Å². The number of hydrogen-bond donors (Lipinski definition) is 0. The summed E-state index contributed by atoms with van der Waals surface area (Å²) < 4.78 is 5.37. The normalized spacial score (nSPS) is 17.1. The molecule has 9 heteroatoms. The van der Waals surface area contributed by atoms with E-state index < -0.39 is 0 Å². The highest BCUT2D eigenvalue weighted by molar-refractivity contribution is 5.78. The number of aromatic nitrogens is 4. The van der Waals surface area contributed by atoms with Crippen LogP contribution in [0, 0.1) is 6.92 Å². The number of nitrogens with zero attached hydrogens (tertiary/aromatic N) is 7. The largest absolute Gasteiger partial charge is 0.453 e. The number of ether oxygens (including phenoxy) is 1. The van der Waals surface area contributed by atoms with Gasteiger partial charge in [0.2, 0.25) is 5.95 Å². The van der Waals surface area contributed by atoms with E-state index in [-0.39, 0.29) is 18.5 Å². The molecule has 2 fully saturated rings. The number of rotatable bonds is 5. The summed E-state index contributed by atoms with van der Waals surface area (Å²) in [6, 6.07) is 3.95. The van der Waals surface area contributed by atoms with E-state index in [0.717, 1.165) is 43.6 Å². The molecule has 9 nitrogen and oxygen atoms in total. The van der Waals surface area contributed by atoms with Crippen LogP contribution < -0.4 is 14.5 Å². The smallest absolute Gasteiger partial charge is 0.316 e. The fraction of sp³-hybridized carbons (Fsp3) is 0.526. The third-order valence-electron chi connectivity index (χ3n) is 5.04. The van der Waals surface area contributed by atoms with Crippen LogP contribution in [0.1, 0.15) is 18.5 Å². The zero-order valence-electron chi connectivity index (χ0n) is 16.1. The number of piperazine rings is 1. The predicted molar refractivity (Wildman–Crippen MR) is 105 cm³/mol. The van der Waals surface area contributed by atoms with E-state index >= 15 is 0 Å². The third kappa shape index (κ3) is 4.29. The van der Waals surface area contributed by atoms with Crippen molar-refractivity contribution in [1.82, 2.24) is 24.8 Å². The molecule has 28 heavy (non-hydrogen) atoms. The van der Waals surface area contributed by atoms with Gasteiger partial charge in [-0.1, -0.05) is 0 Å². The van der Waals surface area contributed by atoms with Crippen molar-refractivity contribution in [3.8, 4) is 6.01 Å². The molecular formula is C19H25N7O2. The van der Waals surface area contributed by atoms with Crippen LogP contribution >= 0.6 is 0 Å². The Labute approximate surface area is 164 Å². The Hall–Kier alpha value is -2.97. The minimum Gasteiger partial charge on any atom is -0.453 e. The summed E-state index contributed by atoms with van der Waals surface area (Å²) in [6.07, 6.45) is 5.57. The summed E-state index contributed by atoms with van der Waals surface area (Å²) in [5.74, 6) is 1.71. The summed E-state index contributed by atoms with van der Waals surface area (Å²) in [6.45, 7) is 6.77. The van der Waals surface area contributed by atoms with Gasteiger partial charge in [0.05, 0.1) is 0 Å². The van der Waals surface area contributed by atoms with Gasteiger partial charge in [0.25, 0.3) is 5.91 Å². The zero-order valence-corrected chi connectivity index (χ0v) is 16.1. The first kappa shape index (κ1) is 18.4. The minimum absolute atomic E-state index is 0.0459. The second-order valence-electron chi connectivity index (χ2n) is 7.05. The van der Waals surface area contributed by atoms with Crippen LogP contribution in [0.25, 0.3) is 0 Å². The average molecular weight is 383 g/mol. The van der Waals surface area contributed by atoms with Crippen molar-refractivity contribution in [2.24, 2.45) is 0 Å². The molecule has 0 radical (unpaired) electrons. The van der Waals surface area contributed by atoms with Gasteiger partial charge in [-0.15, -0.1) is 0 Å². The molecular weight excluding hydrogens is 358 g/mol. The highest BCUT2D eigenvalue weighted by Gasteiger charge is 2.24. The van der Waals surface area contributed by atoms with Gasteiger partial charge < -0.3 is 19.4 Å². The summed E-state index contributed by atoms with van der Waals surface area (Å²) in [5, 5.41) is 0. The Balaban J connectivity index is 1.33. The fourth-order valence-electron chi connectivity index (χ4n) is 3.52. The van der Waals surface area contributed by atoms with Crippen LogP contribution in [0.5, 0.6) is 6.01 Å². The molecule has 0 saturated carbocycles. The molecule has 0 spiro atoms. The number of carbonyl (C=O) groups excluding carboxylic acids is 1. The van der Waals surface area contributed by atoms with E-state index in [1.54, 1.807) is 18.5 Å². The van der Waals surface area contributed by atoms with Crippen molar-refractivity contribution in [1.29, 1.82) is 0 Å². The lowest BCUT2D eigenvalue weighted by Gasteiger charge is -2.35. The Kier molecular flexibility index (Phi) is 5.50. The molecule has 2 aromatic heterocycles. The van der Waals surface area contributed by atoms with Crippen LogP contribution in [0.2, 0.25) is 0 Å². The van der Waals surface area contributed by atoms with Gasteiger partial charge in [0, 0.05) is 63.4 Å². The third-order valence-corrected chi connectivity index (χ3v) is 5.04. The van der Waals surface area contributed by atoms with E-state index in [1.165, 1.54) is 12.8 Å². The molecule has 148 valence electrons. The summed E-state index contributed by atoms with van der Waals surface area (Å²) in [4.78, 5) is 36.0. The second kappa shape index (κ2) is 8.37. The van der Waals surface area contributed by atoms with Crippen molar-refractivity contribution in [3.63, 3.8) is 0 Å². The molecule has 0 bridgehead atoms. The lowest BCUT2D eigenvalue weighted by molar-refractivity contribution is -0.133. The van der Waals surface area contributed by atoms with Crippen molar-refractivity contribution >= 4 is 17.7 Å². The van der Waals surface area contributed by atoms with Gasteiger partial charge in [0.1, 0.15) is 5.82 Å². The molecule has 0 atom stereocenters. The van der Waals surface area contributed by atoms with Gasteiger partial charge in [-0.3, -0.25) is 4.79 Å². The SMILES string of the molecule is Cc1cc(N2CCN(C(=O)COc3ncccn3)CC2)nc(N2CCCC2)n1. The first-order chi connectivity index (χ1) is 13.7. The Bertz CT molecular complexity index is 803. The Morgan fingerprint density at radius 3 is 2.43 bits per heavy atom. The molecule has 0 aromatic carbocycles. The van der Waals surface area contributed by atoms with E-state index in [2.05, 4.69) is 24.8 Å². The Morgan fingerprint density at radius 2 is 1.71 bits per heavy atom. The lowest BCUT2D eigenvalue weighted by Crippen LogP contribution is -2.50. The molecule has 2 aliphatic rings. The van der Waals surface area contributed by atoms with Gasteiger partial charge in [-0.25, -0.2) is 15.0 Å². The predicted octanol–water partition coefficient (Wildman–Crippen LogP) is 0.903. The lowest BCUT2D eigenvalue weighted by atomic mass is 10.3. The monoisotopic (exact) mass is 383 g/mol. The maximum Gasteiger partial charge on any atom is 0.316 e.